The number of aliphatic hydroxyl groups is 1. The van der Waals surface area contributed by atoms with Crippen LogP contribution in [0, 0.1) is 19.3 Å². The number of rotatable bonds is 6. The highest BCUT2D eigenvalue weighted by Crippen LogP contribution is 2.27. The molecule has 0 bridgehead atoms. The lowest BCUT2D eigenvalue weighted by Crippen LogP contribution is -2.52. The van der Waals surface area contributed by atoms with Crippen molar-refractivity contribution in [1.82, 2.24) is 4.90 Å². The first-order valence-electron chi connectivity index (χ1n) is 6.98. The van der Waals surface area contributed by atoms with Gasteiger partial charge in [0.05, 0.1) is 25.2 Å². The molecule has 3 heteroatoms. The molecule has 1 aromatic rings. The standard InChI is InChI=1S/C16H25NO2/c1-13-4-5-15(8-14(13)2)6-7-17(3)9-16(10-18)11-19-12-16/h4-5,8,18H,6-7,9-12H2,1-3H3. The van der Waals surface area contributed by atoms with Gasteiger partial charge in [-0.1, -0.05) is 18.2 Å². The Bertz CT molecular complexity index is 421. The van der Waals surface area contributed by atoms with E-state index in [1.54, 1.807) is 0 Å². The molecule has 106 valence electrons. The smallest absolute Gasteiger partial charge is 0.0579 e. The van der Waals surface area contributed by atoms with Gasteiger partial charge in [-0.25, -0.2) is 0 Å². The molecule has 0 atom stereocenters. The summed E-state index contributed by atoms with van der Waals surface area (Å²) in [5, 5.41) is 9.43. The first-order chi connectivity index (χ1) is 9.04. The predicted octanol–water partition coefficient (Wildman–Crippen LogP) is 1.79. The molecule has 2 rings (SSSR count). The Balaban J connectivity index is 1.82. The minimum absolute atomic E-state index is 0.0159. The predicted molar refractivity (Wildman–Crippen MR) is 77.5 cm³/mol. The summed E-state index contributed by atoms with van der Waals surface area (Å²) in [6, 6.07) is 6.68. The van der Waals surface area contributed by atoms with Crippen molar-refractivity contribution in [2.45, 2.75) is 20.3 Å². The zero-order chi connectivity index (χ0) is 13.9. The second-order valence-corrected chi connectivity index (χ2v) is 6.06. The van der Waals surface area contributed by atoms with Crippen molar-refractivity contribution >= 4 is 0 Å². The molecule has 1 heterocycles. The molecule has 3 nitrogen and oxygen atoms in total. The van der Waals surface area contributed by atoms with Crippen LogP contribution in [-0.4, -0.2) is 50.0 Å². The van der Waals surface area contributed by atoms with Crippen LogP contribution in [0.5, 0.6) is 0 Å². The summed E-state index contributed by atoms with van der Waals surface area (Å²) in [7, 11) is 2.12. The van der Waals surface area contributed by atoms with Crippen LogP contribution in [0.3, 0.4) is 0 Å². The van der Waals surface area contributed by atoms with E-state index in [0.29, 0.717) is 13.2 Å². The number of hydrogen-bond acceptors (Lipinski definition) is 3. The lowest BCUT2D eigenvalue weighted by Gasteiger charge is -2.42. The summed E-state index contributed by atoms with van der Waals surface area (Å²) < 4.78 is 5.24. The minimum atomic E-state index is -0.0159. The average Bonchev–Trinajstić information content (AvgIpc) is 2.35. The normalized spacial score (nSPS) is 17.5. The lowest BCUT2D eigenvalue weighted by atomic mass is 9.86. The largest absolute Gasteiger partial charge is 0.396 e. The molecule has 0 aromatic heterocycles. The molecule has 1 saturated heterocycles. The van der Waals surface area contributed by atoms with Crippen LogP contribution in [0.2, 0.25) is 0 Å². The van der Waals surface area contributed by atoms with E-state index in [1.807, 2.05) is 0 Å². The van der Waals surface area contributed by atoms with Gasteiger partial charge in [-0.2, -0.15) is 0 Å². The maximum Gasteiger partial charge on any atom is 0.0579 e. The highest BCUT2D eigenvalue weighted by atomic mass is 16.5. The zero-order valence-corrected chi connectivity index (χ0v) is 12.3. The van der Waals surface area contributed by atoms with Crippen molar-refractivity contribution in [1.29, 1.82) is 0 Å². The highest BCUT2D eigenvalue weighted by Gasteiger charge is 2.38. The Kier molecular flexibility index (Phi) is 4.61. The molecule has 0 aliphatic carbocycles. The number of nitrogens with zero attached hydrogens (tertiary/aromatic N) is 1. The van der Waals surface area contributed by atoms with Crippen LogP contribution in [0.15, 0.2) is 18.2 Å². The molecule has 1 aliphatic heterocycles. The Hall–Kier alpha value is -0.900. The highest BCUT2D eigenvalue weighted by molar-refractivity contribution is 5.30. The van der Waals surface area contributed by atoms with Crippen molar-refractivity contribution in [2.24, 2.45) is 5.41 Å². The van der Waals surface area contributed by atoms with Crippen LogP contribution in [-0.2, 0) is 11.2 Å². The fourth-order valence-electron chi connectivity index (χ4n) is 2.55. The van der Waals surface area contributed by atoms with Gasteiger partial charge in [-0.3, -0.25) is 0 Å². The fourth-order valence-corrected chi connectivity index (χ4v) is 2.55. The SMILES string of the molecule is Cc1ccc(CCN(C)CC2(CO)COC2)cc1C. The number of benzene rings is 1. The molecule has 0 spiro atoms. The second-order valence-electron chi connectivity index (χ2n) is 6.06. The van der Waals surface area contributed by atoms with E-state index in [0.717, 1.165) is 19.5 Å². The van der Waals surface area contributed by atoms with Gasteiger partial charge in [0.1, 0.15) is 0 Å². The molecular formula is C16H25NO2. The van der Waals surface area contributed by atoms with Crippen molar-refractivity contribution in [2.75, 3.05) is 40.0 Å². The first-order valence-corrected chi connectivity index (χ1v) is 6.98. The van der Waals surface area contributed by atoms with Crippen LogP contribution in [0.4, 0.5) is 0 Å². The molecule has 1 N–H and O–H groups in total. The maximum absolute atomic E-state index is 9.43. The Morgan fingerprint density at radius 3 is 2.53 bits per heavy atom. The average molecular weight is 263 g/mol. The van der Waals surface area contributed by atoms with E-state index in [-0.39, 0.29) is 12.0 Å². The monoisotopic (exact) mass is 263 g/mol. The molecular weight excluding hydrogens is 238 g/mol. The van der Waals surface area contributed by atoms with E-state index < -0.39 is 0 Å². The summed E-state index contributed by atoms with van der Waals surface area (Å²) in [4.78, 5) is 2.30. The molecule has 1 aromatic carbocycles. The van der Waals surface area contributed by atoms with Crippen LogP contribution in [0.25, 0.3) is 0 Å². The third kappa shape index (κ3) is 3.56. The topological polar surface area (TPSA) is 32.7 Å². The van der Waals surface area contributed by atoms with Crippen LogP contribution >= 0.6 is 0 Å². The number of ether oxygens (including phenoxy) is 1. The maximum atomic E-state index is 9.43. The summed E-state index contributed by atoms with van der Waals surface area (Å²) in [5.74, 6) is 0. The minimum Gasteiger partial charge on any atom is -0.396 e. The van der Waals surface area contributed by atoms with Crippen LogP contribution in [0.1, 0.15) is 16.7 Å². The molecule has 0 unspecified atom stereocenters. The number of aliphatic hydroxyl groups excluding tert-OH is 1. The summed E-state index contributed by atoms with van der Waals surface area (Å²) in [6.07, 6.45) is 1.06. The van der Waals surface area contributed by atoms with E-state index in [4.69, 9.17) is 4.74 Å². The number of aryl methyl sites for hydroxylation is 2. The van der Waals surface area contributed by atoms with E-state index in [9.17, 15) is 5.11 Å². The molecule has 0 radical (unpaired) electrons. The summed E-state index contributed by atoms with van der Waals surface area (Å²) >= 11 is 0. The molecule has 19 heavy (non-hydrogen) atoms. The molecule has 0 amide bonds. The van der Waals surface area contributed by atoms with Gasteiger partial charge in [0.25, 0.3) is 0 Å². The van der Waals surface area contributed by atoms with Gasteiger partial charge in [0.15, 0.2) is 0 Å². The Morgan fingerprint density at radius 2 is 2.00 bits per heavy atom. The van der Waals surface area contributed by atoms with Gasteiger partial charge < -0.3 is 14.7 Å². The summed E-state index contributed by atoms with van der Waals surface area (Å²) in [6.45, 7) is 7.84. The Labute approximate surface area is 116 Å². The van der Waals surface area contributed by atoms with Crippen LogP contribution < -0.4 is 0 Å². The lowest BCUT2D eigenvalue weighted by molar-refractivity contribution is -0.146. The van der Waals surface area contributed by atoms with E-state index in [1.165, 1.54) is 16.7 Å². The second kappa shape index (κ2) is 6.04. The fraction of sp³-hybridized carbons (Fsp3) is 0.625. The number of likely N-dealkylation sites (N-methyl/N-ethyl adjacent to an activating group) is 1. The van der Waals surface area contributed by atoms with Crippen molar-refractivity contribution in [3.05, 3.63) is 34.9 Å². The Morgan fingerprint density at radius 1 is 1.26 bits per heavy atom. The summed E-state index contributed by atoms with van der Waals surface area (Å²) in [5.41, 5.74) is 4.08. The molecule has 0 saturated carbocycles. The van der Waals surface area contributed by atoms with Crippen molar-refractivity contribution < 1.29 is 9.84 Å². The third-order valence-electron chi connectivity index (χ3n) is 4.11. The van der Waals surface area contributed by atoms with E-state index >= 15 is 0 Å². The van der Waals surface area contributed by atoms with Gasteiger partial charge >= 0.3 is 0 Å². The zero-order valence-electron chi connectivity index (χ0n) is 12.3. The van der Waals surface area contributed by atoms with Crippen molar-refractivity contribution in [3.8, 4) is 0 Å². The quantitative estimate of drug-likeness (QED) is 0.849. The first kappa shape index (κ1) is 14.5. The van der Waals surface area contributed by atoms with Gasteiger partial charge in [-0.05, 0) is 44.0 Å². The molecule has 1 aliphatic rings. The van der Waals surface area contributed by atoms with E-state index in [2.05, 4.69) is 44.0 Å². The number of hydrogen-bond donors (Lipinski definition) is 1. The third-order valence-corrected chi connectivity index (χ3v) is 4.11. The van der Waals surface area contributed by atoms with Gasteiger partial charge in [-0.15, -0.1) is 0 Å². The van der Waals surface area contributed by atoms with Crippen molar-refractivity contribution in [3.63, 3.8) is 0 Å². The molecule has 1 fully saturated rings. The van der Waals surface area contributed by atoms with Gasteiger partial charge in [0.2, 0.25) is 0 Å². The van der Waals surface area contributed by atoms with Gasteiger partial charge in [0, 0.05) is 13.1 Å².